The van der Waals surface area contributed by atoms with Crippen LogP contribution in [0.4, 0.5) is 4.39 Å². The first kappa shape index (κ1) is 14.5. The van der Waals surface area contributed by atoms with Gasteiger partial charge in [0.15, 0.2) is 0 Å². The number of rotatable bonds is 3. The van der Waals surface area contributed by atoms with Crippen molar-refractivity contribution in [2.45, 2.75) is 32.7 Å². The number of hydrogen-bond acceptors (Lipinski definition) is 1. The first-order valence-corrected chi connectivity index (χ1v) is 6.84. The summed E-state index contributed by atoms with van der Waals surface area (Å²) in [6, 6.07) is 10.0. The van der Waals surface area contributed by atoms with E-state index in [1.54, 1.807) is 36.2 Å². The first-order chi connectivity index (χ1) is 9.38. The molecule has 2 nitrogen and oxygen atoms in total. The van der Waals surface area contributed by atoms with Gasteiger partial charge >= 0.3 is 0 Å². The Kier molecular flexibility index (Phi) is 3.80. The molecule has 2 aromatic carbocycles. The maximum absolute atomic E-state index is 13.8. The van der Waals surface area contributed by atoms with Crippen LogP contribution in [-0.2, 0) is 0 Å². The second-order valence-corrected chi connectivity index (χ2v) is 5.67. The Morgan fingerprint density at radius 3 is 2.35 bits per heavy atom. The number of benzene rings is 2. The van der Waals surface area contributed by atoms with E-state index in [0.29, 0.717) is 16.3 Å². The Morgan fingerprint density at radius 2 is 1.75 bits per heavy atom. The van der Waals surface area contributed by atoms with Gasteiger partial charge in [0.1, 0.15) is 5.82 Å². The fraction of sp³-hybridized carbons (Fsp3) is 0.353. The lowest BCUT2D eigenvalue weighted by molar-refractivity contribution is 0.0622. The van der Waals surface area contributed by atoms with E-state index in [1.165, 1.54) is 6.07 Å². The van der Waals surface area contributed by atoms with Gasteiger partial charge in [-0.1, -0.05) is 31.2 Å². The standard InChI is InChI=1S/C17H20FNO/c1-5-17(2,3)19(4)16(20)14-10-11-15(18)13-9-7-6-8-12(13)14/h6-11H,5H2,1-4H3. The van der Waals surface area contributed by atoms with Gasteiger partial charge in [-0.3, -0.25) is 4.79 Å². The van der Waals surface area contributed by atoms with E-state index in [2.05, 4.69) is 0 Å². The Bertz CT molecular complexity index is 648. The minimum Gasteiger partial charge on any atom is -0.337 e. The molecule has 0 aliphatic carbocycles. The van der Waals surface area contributed by atoms with Crippen LogP contribution in [0.3, 0.4) is 0 Å². The molecule has 0 N–H and O–H groups in total. The van der Waals surface area contributed by atoms with E-state index >= 15 is 0 Å². The predicted octanol–water partition coefficient (Wildman–Crippen LogP) is 4.24. The fourth-order valence-electron chi connectivity index (χ4n) is 2.14. The normalized spacial score (nSPS) is 11.7. The molecule has 0 aromatic heterocycles. The maximum atomic E-state index is 13.8. The Hall–Kier alpha value is -1.90. The first-order valence-electron chi connectivity index (χ1n) is 6.84. The Labute approximate surface area is 119 Å². The van der Waals surface area contributed by atoms with Gasteiger partial charge in [0.25, 0.3) is 5.91 Å². The molecular weight excluding hydrogens is 253 g/mol. The lowest BCUT2D eigenvalue weighted by atomic mass is 9.97. The number of fused-ring (bicyclic) bond motifs is 1. The molecule has 20 heavy (non-hydrogen) atoms. The molecule has 0 unspecified atom stereocenters. The highest BCUT2D eigenvalue weighted by Gasteiger charge is 2.27. The molecule has 0 aliphatic heterocycles. The van der Waals surface area contributed by atoms with Gasteiger partial charge in [0.2, 0.25) is 0 Å². The van der Waals surface area contributed by atoms with Crippen molar-refractivity contribution in [2.75, 3.05) is 7.05 Å². The van der Waals surface area contributed by atoms with E-state index in [1.807, 2.05) is 26.8 Å². The summed E-state index contributed by atoms with van der Waals surface area (Å²) in [5, 5.41) is 1.15. The van der Waals surface area contributed by atoms with Crippen LogP contribution < -0.4 is 0 Å². The quantitative estimate of drug-likeness (QED) is 0.819. The summed E-state index contributed by atoms with van der Waals surface area (Å²) in [6.45, 7) is 6.10. The van der Waals surface area contributed by atoms with Gasteiger partial charge in [-0.25, -0.2) is 4.39 Å². The number of amides is 1. The van der Waals surface area contributed by atoms with Crippen molar-refractivity contribution in [1.29, 1.82) is 0 Å². The van der Waals surface area contributed by atoms with Crippen molar-refractivity contribution < 1.29 is 9.18 Å². The summed E-state index contributed by atoms with van der Waals surface area (Å²) in [5.41, 5.74) is 0.318. The number of carbonyl (C=O) groups excluding carboxylic acids is 1. The average Bonchev–Trinajstić information content (AvgIpc) is 2.46. The minimum atomic E-state index is -0.297. The smallest absolute Gasteiger partial charge is 0.254 e. The molecule has 0 heterocycles. The lowest BCUT2D eigenvalue weighted by Crippen LogP contribution is -2.44. The van der Waals surface area contributed by atoms with Crippen LogP contribution in [0.5, 0.6) is 0 Å². The van der Waals surface area contributed by atoms with Crippen LogP contribution in [0.15, 0.2) is 36.4 Å². The SMILES string of the molecule is CCC(C)(C)N(C)C(=O)c1ccc(F)c2ccccc12. The molecule has 1 amide bonds. The zero-order valence-corrected chi connectivity index (χ0v) is 12.4. The molecule has 2 rings (SSSR count). The molecule has 0 saturated heterocycles. The van der Waals surface area contributed by atoms with E-state index in [4.69, 9.17) is 0 Å². The molecule has 106 valence electrons. The number of hydrogen-bond donors (Lipinski definition) is 0. The van der Waals surface area contributed by atoms with Crippen molar-refractivity contribution >= 4 is 16.7 Å². The second-order valence-electron chi connectivity index (χ2n) is 5.67. The average molecular weight is 273 g/mol. The number of nitrogens with zero attached hydrogens (tertiary/aromatic N) is 1. The third-order valence-corrected chi connectivity index (χ3v) is 4.18. The van der Waals surface area contributed by atoms with Gasteiger partial charge < -0.3 is 4.90 Å². The van der Waals surface area contributed by atoms with Crippen molar-refractivity contribution in [3.8, 4) is 0 Å². The molecular formula is C17H20FNO. The minimum absolute atomic E-state index is 0.0759. The van der Waals surface area contributed by atoms with Crippen molar-refractivity contribution in [3.05, 3.63) is 47.8 Å². The molecule has 0 fully saturated rings. The molecule has 3 heteroatoms. The van der Waals surface area contributed by atoms with Crippen LogP contribution >= 0.6 is 0 Å². The summed E-state index contributed by atoms with van der Waals surface area (Å²) in [5.74, 6) is -0.373. The predicted molar refractivity (Wildman–Crippen MR) is 80.4 cm³/mol. The highest BCUT2D eigenvalue weighted by Crippen LogP contribution is 2.25. The van der Waals surface area contributed by atoms with E-state index in [-0.39, 0.29) is 17.3 Å². The van der Waals surface area contributed by atoms with Gasteiger partial charge in [-0.2, -0.15) is 0 Å². The molecule has 0 bridgehead atoms. The molecule has 0 spiro atoms. The molecule has 0 atom stereocenters. The summed E-state index contributed by atoms with van der Waals surface area (Å²) in [4.78, 5) is 14.4. The zero-order chi connectivity index (χ0) is 14.9. The van der Waals surface area contributed by atoms with E-state index < -0.39 is 0 Å². The topological polar surface area (TPSA) is 20.3 Å². The monoisotopic (exact) mass is 273 g/mol. The van der Waals surface area contributed by atoms with Crippen LogP contribution in [0, 0.1) is 5.82 Å². The highest BCUT2D eigenvalue weighted by molar-refractivity contribution is 6.07. The Morgan fingerprint density at radius 1 is 1.15 bits per heavy atom. The van der Waals surface area contributed by atoms with Crippen LogP contribution in [0.25, 0.3) is 10.8 Å². The molecule has 0 radical (unpaired) electrons. The summed E-state index contributed by atoms with van der Waals surface area (Å²) >= 11 is 0. The van der Waals surface area contributed by atoms with Gasteiger partial charge in [-0.15, -0.1) is 0 Å². The van der Waals surface area contributed by atoms with Gasteiger partial charge in [0, 0.05) is 23.5 Å². The second kappa shape index (κ2) is 5.23. The third-order valence-electron chi connectivity index (χ3n) is 4.18. The van der Waals surface area contributed by atoms with Crippen LogP contribution in [0.2, 0.25) is 0 Å². The molecule has 0 aliphatic rings. The van der Waals surface area contributed by atoms with Crippen LogP contribution in [-0.4, -0.2) is 23.4 Å². The van der Waals surface area contributed by atoms with Crippen molar-refractivity contribution in [3.63, 3.8) is 0 Å². The molecule has 2 aromatic rings. The van der Waals surface area contributed by atoms with E-state index in [9.17, 15) is 9.18 Å². The van der Waals surface area contributed by atoms with E-state index in [0.717, 1.165) is 6.42 Å². The summed E-state index contributed by atoms with van der Waals surface area (Å²) in [6.07, 6.45) is 0.856. The highest BCUT2D eigenvalue weighted by atomic mass is 19.1. The number of halogens is 1. The van der Waals surface area contributed by atoms with Crippen LogP contribution in [0.1, 0.15) is 37.6 Å². The number of carbonyl (C=O) groups is 1. The largest absolute Gasteiger partial charge is 0.337 e. The fourth-order valence-corrected chi connectivity index (χ4v) is 2.14. The zero-order valence-electron chi connectivity index (χ0n) is 12.4. The van der Waals surface area contributed by atoms with Crippen molar-refractivity contribution in [2.24, 2.45) is 0 Å². The molecule has 0 saturated carbocycles. The summed E-state index contributed by atoms with van der Waals surface area (Å²) in [7, 11) is 1.80. The maximum Gasteiger partial charge on any atom is 0.254 e. The third kappa shape index (κ3) is 2.40. The Balaban J connectivity index is 2.54. The van der Waals surface area contributed by atoms with Gasteiger partial charge in [-0.05, 0) is 37.8 Å². The summed E-state index contributed by atoms with van der Waals surface area (Å²) < 4.78 is 13.8. The van der Waals surface area contributed by atoms with Crippen molar-refractivity contribution in [1.82, 2.24) is 4.90 Å². The van der Waals surface area contributed by atoms with Gasteiger partial charge in [0.05, 0.1) is 0 Å². The lowest BCUT2D eigenvalue weighted by Gasteiger charge is -2.35.